The molecule has 1 spiro atoms. The second-order valence-corrected chi connectivity index (χ2v) is 8.33. The highest BCUT2D eigenvalue weighted by Crippen LogP contribution is 2.42. The molecule has 0 aliphatic carbocycles. The molecule has 0 aromatic carbocycles. The summed E-state index contributed by atoms with van der Waals surface area (Å²) in [7, 11) is 0. The Morgan fingerprint density at radius 2 is 2.12 bits per heavy atom. The normalized spacial score (nSPS) is 24.5. The molecule has 3 heterocycles. The van der Waals surface area contributed by atoms with Crippen molar-refractivity contribution in [2.75, 3.05) is 31.1 Å². The van der Waals surface area contributed by atoms with Crippen LogP contribution in [0.25, 0.3) is 0 Å². The number of amides is 1. The van der Waals surface area contributed by atoms with Gasteiger partial charge in [-0.2, -0.15) is 5.26 Å². The predicted octanol–water partition coefficient (Wildman–Crippen LogP) is 2.82. The van der Waals surface area contributed by atoms with Crippen LogP contribution in [0.15, 0.2) is 18.3 Å². The van der Waals surface area contributed by atoms with Crippen LogP contribution in [0, 0.1) is 22.2 Å². The number of rotatable bonds is 2. The number of pyridine rings is 1. The summed E-state index contributed by atoms with van der Waals surface area (Å²) in [6, 6.07) is 5.79. The molecule has 0 unspecified atom stereocenters. The van der Waals surface area contributed by atoms with Crippen LogP contribution >= 0.6 is 0 Å². The summed E-state index contributed by atoms with van der Waals surface area (Å²) in [5, 5.41) is 9.31. The maximum atomic E-state index is 13.2. The highest BCUT2D eigenvalue weighted by atomic mass is 16.2. The summed E-state index contributed by atoms with van der Waals surface area (Å²) in [4.78, 5) is 21.7. The van der Waals surface area contributed by atoms with Gasteiger partial charge in [0.05, 0.1) is 11.0 Å². The molecule has 2 fully saturated rings. The standard InChI is InChI=1S/C19H26N4O/c1-18(2,3)13-23-10-5-7-19(17(23)24)8-11-22(14-19)16-15(12-20)6-4-9-21-16/h4,6,9H,5,7-8,10-11,13-14H2,1-3H3/t19-/m0/s1. The third kappa shape index (κ3) is 3.10. The van der Waals surface area contributed by atoms with Gasteiger partial charge in [-0.25, -0.2) is 4.98 Å². The lowest BCUT2D eigenvalue weighted by atomic mass is 9.77. The van der Waals surface area contributed by atoms with Crippen molar-refractivity contribution in [1.82, 2.24) is 9.88 Å². The molecule has 2 saturated heterocycles. The number of hydrogen-bond donors (Lipinski definition) is 0. The first-order valence-corrected chi connectivity index (χ1v) is 8.74. The molecule has 0 radical (unpaired) electrons. The zero-order valence-corrected chi connectivity index (χ0v) is 14.9. The van der Waals surface area contributed by atoms with Crippen molar-refractivity contribution in [1.29, 1.82) is 5.26 Å². The van der Waals surface area contributed by atoms with Crippen LogP contribution in [0.1, 0.15) is 45.6 Å². The topological polar surface area (TPSA) is 60.2 Å². The summed E-state index contributed by atoms with van der Waals surface area (Å²) in [6.45, 7) is 9.67. The van der Waals surface area contributed by atoms with Gasteiger partial charge in [0.1, 0.15) is 11.9 Å². The number of carbonyl (C=O) groups is 1. The van der Waals surface area contributed by atoms with Gasteiger partial charge in [0.2, 0.25) is 5.91 Å². The van der Waals surface area contributed by atoms with E-state index >= 15 is 0 Å². The molecule has 24 heavy (non-hydrogen) atoms. The first-order valence-electron chi connectivity index (χ1n) is 8.74. The Kier molecular flexibility index (Phi) is 4.25. The third-order valence-corrected chi connectivity index (χ3v) is 5.05. The van der Waals surface area contributed by atoms with Crippen LogP contribution < -0.4 is 4.90 Å². The Balaban J connectivity index is 1.80. The number of carbonyl (C=O) groups excluding carboxylic acids is 1. The van der Waals surface area contributed by atoms with Gasteiger partial charge < -0.3 is 9.80 Å². The molecular formula is C19H26N4O. The van der Waals surface area contributed by atoms with E-state index in [-0.39, 0.29) is 10.8 Å². The van der Waals surface area contributed by atoms with E-state index in [1.165, 1.54) is 0 Å². The molecule has 0 N–H and O–H groups in total. The quantitative estimate of drug-likeness (QED) is 0.838. The summed E-state index contributed by atoms with van der Waals surface area (Å²) < 4.78 is 0. The average molecular weight is 326 g/mol. The third-order valence-electron chi connectivity index (χ3n) is 5.05. The van der Waals surface area contributed by atoms with Gasteiger partial charge in [0.25, 0.3) is 0 Å². The van der Waals surface area contributed by atoms with Gasteiger partial charge in [-0.3, -0.25) is 4.79 Å². The molecule has 2 aliphatic heterocycles. The van der Waals surface area contributed by atoms with E-state index in [4.69, 9.17) is 0 Å². The molecule has 0 bridgehead atoms. The van der Waals surface area contributed by atoms with Crippen LogP contribution in [0.2, 0.25) is 0 Å². The summed E-state index contributed by atoms with van der Waals surface area (Å²) in [5.74, 6) is 1.01. The average Bonchev–Trinajstić information content (AvgIpc) is 2.96. The van der Waals surface area contributed by atoms with Crippen molar-refractivity contribution in [3.8, 4) is 6.07 Å². The fraction of sp³-hybridized carbons (Fsp3) is 0.632. The summed E-state index contributed by atoms with van der Waals surface area (Å²) in [6.07, 6.45) is 4.57. The van der Waals surface area contributed by atoms with Crippen molar-refractivity contribution in [3.63, 3.8) is 0 Å². The summed E-state index contributed by atoms with van der Waals surface area (Å²) >= 11 is 0. The lowest BCUT2D eigenvalue weighted by Crippen LogP contribution is -2.52. The summed E-state index contributed by atoms with van der Waals surface area (Å²) in [5.41, 5.74) is 0.402. The maximum Gasteiger partial charge on any atom is 0.230 e. The van der Waals surface area contributed by atoms with Gasteiger partial charge in [-0.15, -0.1) is 0 Å². The van der Waals surface area contributed by atoms with Crippen LogP contribution in [0.4, 0.5) is 5.82 Å². The van der Waals surface area contributed by atoms with Gasteiger partial charge >= 0.3 is 0 Å². The number of nitrogens with zero attached hydrogens (tertiary/aromatic N) is 4. The highest BCUT2D eigenvalue weighted by molar-refractivity contribution is 5.85. The number of aromatic nitrogens is 1. The van der Waals surface area contributed by atoms with Gasteiger partial charge in [-0.1, -0.05) is 20.8 Å². The molecule has 5 nitrogen and oxygen atoms in total. The smallest absolute Gasteiger partial charge is 0.230 e. The van der Waals surface area contributed by atoms with Gasteiger partial charge in [-0.05, 0) is 36.8 Å². The monoisotopic (exact) mass is 326 g/mol. The highest BCUT2D eigenvalue weighted by Gasteiger charge is 2.49. The molecule has 3 rings (SSSR count). The minimum atomic E-state index is -0.298. The molecule has 2 aliphatic rings. The van der Waals surface area contributed by atoms with Crippen molar-refractivity contribution in [2.45, 2.75) is 40.0 Å². The number of hydrogen-bond acceptors (Lipinski definition) is 4. The zero-order valence-electron chi connectivity index (χ0n) is 14.9. The SMILES string of the molecule is CC(C)(C)CN1CCC[C@@]2(CCN(c3ncccc3C#N)C2)C1=O. The molecular weight excluding hydrogens is 300 g/mol. The second kappa shape index (κ2) is 6.08. The molecule has 1 aromatic heterocycles. The van der Waals surface area contributed by atoms with Crippen LogP contribution in [-0.2, 0) is 4.79 Å². The van der Waals surface area contributed by atoms with E-state index in [9.17, 15) is 10.1 Å². The van der Waals surface area contributed by atoms with Crippen molar-refractivity contribution >= 4 is 11.7 Å². The molecule has 1 amide bonds. The molecule has 1 aromatic rings. The molecule has 1 atom stereocenters. The minimum Gasteiger partial charge on any atom is -0.354 e. The van der Waals surface area contributed by atoms with Gasteiger partial charge in [0, 0.05) is 32.4 Å². The first-order chi connectivity index (χ1) is 11.3. The number of anilines is 1. The molecule has 128 valence electrons. The maximum absolute atomic E-state index is 13.2. The van der Waals surface area contributed by atoms with E-state index < -0.39 is 0 Å². The molecule has 5 heteroatoms. The van der Waals surface area contributed by atoms with Crippen molar-refractivity contribution < 1.29 is 4.79 Å². The molecule has 0 saturated carbocycles. The predicted molar refractivity (Wildman–Crippen MR) is 93.5 cm³/mol. The largest absolute Gasteiger partial charge is 0.354 e. The Labute approximate surface area is 144 Å². The second-order valence-electron chi connectivity index (χ2n) is 8.33. The number of piperidine rings is 1. The Hall–Kier alpha value is -2.09. The fourth-order valence-electron chi connectivity index (χ4n) is 4.04. The fourth-order valence-corrected chi connectivity index (χ4v) is 4.04. The van der Waals surface area contributed by atoms with Crippen molar-refractivity contribution in [2.24, 2.45) is 10.8 Å². The minimum absolute atomic E-state index is 0.113. The van der Waals surface area contributed by atoms with E-state index in [2.05, 4.69) is 41.6 Å². The van der Waals surface area contributed by atoms with Crippen LogP contribution in [-0.4, -0.2) is 42.0 Å². The van der Waals surface area contributed by atoms with E-state index in [1.54, 1.807) is 18.3 Å². The van der Waals surface area contributed by atoms with Crippen LogP contribution in [0.3, 0.4) is 0 Å². The van der Waals surface area contributed by atoms with E-state index in [0.717, 1.165) is 44.7 Å². The Bertz CT molecular complexity index is 673. The van der Waals surface area contributed by atoms with E-state index in [1.807, 2.05) is 0 Å². The van der Waals surface area contributed by atoms with Gasteiger partial charge in [0.15, 0.2) is 0 Å². The Morgan fingerprint density at radius 1 is 1.33 bits per heavy atom. The lowest BCUT2D eigenvalue weighted by molar-refractivity contribution is -0.146. The lowest BCUT2D eigenvalue weighted by Gasteiger charge is -2.41. The van der Waals surface area contributed by atoms with Crippen LogP contribution in [0.5, 0.6) is 0 Å². The Morgan fingerprint density at radius 3 is 2.83 bits per heavy atom. The van der Waals surface area contributed by atoms with Crippen molar-refractivity contribution in [3.05, 3.63) is 23.9 Å². The number of nitriles is 1. The zero-order chi connectivity index (χ0) is 17.4. The first kappa shape index (κ1) is 16.8. The number of likely N-dealkylation sites (tertiary alicyclic amines) is 1. The van der Waals surface area contributed by atoms with E-state index in [0.29, 0.717) is 18.0 Å².